The number of nitriles is 1. The molecule has 0 radical (unpaired) electrons. The topological polar surface area (TPSA) is 104 Å². The van der Waals surface area contributed by atoms with Gasteiger partial charge in [-0.25, -0.2) is 4.98 Å². The first-order valence-corrected chi connectivity index (χ1v) is 5.72. The second-order valence-electron chi connectivity index (χ2n) is 4.13. The van der Waals surface area contributed by atoms with E-state index in [1.165, 1.54) is 12.3 Å². The normalized spacial score (nSPS) is 15.9. The van der Waals surface area contributed by atoms with Gasteiger partial charge in [-0.15, -0.1) is 0 Å². The lowest BCUT2D eigenvalue weighted by Gasteiger charge is -2.23. The predicted octanol–water partition coefficient (Wildman–Crippen LogP) is 1.03. The van der Waals surface area contributed by atoms with Crippen molar-refractivity contribution < 1.29 is 4.92 Å². The monoisotopic (exact) mass is 247 g/mol. The van der Waals surface area contributed by atoms with Gasteiger partial charge in [0.2, 0.25) is 5.82 Å². The Morgan fingerprint density at radius 3 is 2.89 bits per heavy atom. The Kier molecular flexibility index (Phi) is 3.69. The highest BCUT2D eigenvalue weighted by molar-refractivity contribution is 5.58. The van der Waals surface area contributed by atoms with Crippen LogP contribution in [-0.4, -0.2) is 29.0 Å². The highest BCUT2D eigenvalue weighted by Gasteiger charge is 2.20. The first-order valence-electron chi connectivity index (χ1n) is 5.72. The van der Waals surface area contributed by atoms with Crippen LogP contribution in [0.5, 0.6) is 0 Å². The van der Waals surface area contributed by atoms with Gasteiger partial charge >= 0.3 is 5.69 Å². The molecule has 0 aromatic carbocycles. The summed E-state index contributed by atoms with van der Waals surface area (Å²) in [6, 6.07) is 3.28. The van der Waals surface area contributed by atoms with Crippen LogP contribution in [0.2, 0.25) is 0 Å². The molecule has 0 bridgehead atoms. The predicted molar refractivity (Wildman–Crippen MR) is 65.1 cm³/mol. The number of pyridine rings is 1. The van der Waals surface area contributed by atoms with E-state index < -0.39 is 4.92 Å². The summed E-state index contributed by atoms with van der Waals surface area (Å²) < 4.78 is 0. The van der Waals surface area contributed by atoms with Crippen LogP contribution < -0.4 is 10.6 Å². The minimum atomic E-state index is -0.517. The van der Waals surface area contributed by atoms with Crippen molar-refractivity contribution in [3.63, 3.8) is 0 Å². The molecule has 1 saturated heterocycles. The molecule has 0 atom stereocenters. The zero-order chi connectivity index (χ0) is 13.0. The minimum absolute atomic E-state index is 0.146. The molecule has 0 aliphatic carbocycles. The highest BCUT2D eigenvalue weighted by Crippen LogP contribution is 2.24. The fraction of sp³-hybridized carbons (Fsp3) is 0.455. The van der Waals surface area contributed by atoms with Gasteiger partial charge in [0.05, 0.1) is 10.5 Å². The number of hydrogen-bond donors (Lipinski definition) is 2. The van der Waals surface area contributed by atoms with E-state index in [1.807, 2.05) is 6.07 Å². The summed E-state index contributed by atoms with van der Waals surface area (Å²) >= 11 is 0. The molecule has 2 rings (SSSR count). The van der Waals surface area contributed by atoms with Crippen LogP contribution in [0.15, 0.2) is 12.3 Å². The maximum Gasteiger partial charge on any atom is 0.312 e. The fourth-order valence-corrected chi connectivity index (χ4v) is 1.92. The van der Waals surface area contributed by atoms with E-state index in [9.17, 15) is 10.1 Å². The molecule has 1 aliphatic rings. The Morgan fingerprint density at radius 2 is 2.28 bits per heavy atom. The number of aromatic nitrogens is 1. The van der Waals surface area contributed by atoms with Crippen molar-refractivity contribution in [2.75, 3.05) is 18.4 Å². The lowest BCUT2D eigenvalue weighted by Crippen LogP contribution is -2.35. The summed E-state index contributed by atoms with van der Waals surface area (Å²) in [4.78, 5) is 14.4. The summed E-state index contributed by atoms with van der Waals surface area (Å²) in [5.74, 6) is 0.242. The van der Waals surface area contributed by atoms with E-state index in [1.54, 1.807) is 0 Å². The Bertz CT molecular complexity index is 491. The van der Waals surface area contributed by atoms with E-state index in [2.05, 4.69) is 15.6 Å². The summed E-state index contributed by atoms with van der Waals surface area (Å²) in [6.07, 6.45) is 3.15. The Morgan fingerprint density at radius 1 is 1.56 bits per heavy atom. The van der Waals surface area contributed by atoms with Gasteiger partial charge in [0.25, 0.3) is 0 Å². The summed E-state index contributed by atoms with van der Waals surface area (Å²) in [5, 5.41) is 25.9. The van der Waals surface area contributed by atoms with E-state index in [-0.39, 0.29) is 23.1 Å². The molecule has 7 nitrogen and oxygen atoms in total. The molecular weight excluding hydrogens is 234 g/mol. The van der Waals surface area contributed by atoms with Gasteiger partial charge in [-0.05, 0) is 25.9 Å². The van der Waals surface area contributed by atoms with Gasteiger partial charge < -0.3 is 10.6 Å². The SMILES string of the molecule is N#Cc1cnc(NC2CCNCC2)c([N+](=O)[O-])c1. The molecular formula is C11H13N5O2. The Hall–Kier alpha value is -2.20. The van der Waals surface area contributed by atoms with Crippen LogP contribution in [-0.2, 0) is 0 Å². The molecule has 0 unspecified atom stereocenters. The molecule has 0 saturated carbocycles. The average Bonchev–Trinajstić information content (AvgIpc) is 2.40. The van der Waals surface area contributed by atoms with Crippen LogP contribution in [0, 0.1) is 21.4 Å². The van der Waals surface area contributed by atoms with Gasteiger partial charge in [0.15, 0.2) is 0 Å². The summed E-state index contributed by atoms with van der Waals surface area (Å²) in [6.45, 7) is 1.78. The zero-order valence-corrected chi connectivity index (χ0v) is 9.72. The number of piperidine rings is 1. The van der Waals surface area contributed by atoms with E-state index >= 15 is 0 Å². The van der Waals surface area contributed by atoms with Gasteiger partial charge in [-0.3, -0.25) is 10.1 Å². The van der Waals surface area contributed by atoms with Crippen LogP contribution >= 0.6 is 0 Å². The number of rotatable bonds is 3. The first-order chi connectivity index (χ1) is 8.70. The zero-order valence-electron chi connectivity index (χ0n) is 9.72. The molecule has 1 aromatic rings. The molecule has 0 amide bonds. The third kappa shape index (κ3) is 2.73. The smallest absolute Gasteiger partial charge is 0.312 e. The molecule has 1 aliphatic heterocycles. The van der Waals surface area contributed by atoms with Gasteiger partial charge in [0.1, 0.15) is 6.07 Å². The lowest BCUT2D eigenvalue weighted by molar-refractivity contribution is -0.384. The van der Waals surface area contributed by atoms with E-state index in [0.29, 0.717) is 0 Å². The second-order valence-corrected chi connectivity index (χ2v) is 4.13. The fourth-order valence-electron chi connectivity index (χ4n) is 1.92. The van der Waals surface area contributed by atoms with E-state index in [0.717, 1.165) is 25.9 Å². The van der Waals surface area contributed by atoms with Crippen molar-refractivity contribution in [2.45, 2.75) is 18.9 Å². The van der Waals surface area contributed by atoms with Crippen molar-refractivity contribution in [3.8, 4) is 6.07 Å². The van der Waals surface area contributed by atoms with Crippen molar-refractivity contribution in [2.24, 2.45) is 0 Å². The largest absolute Gasteiger partial charge is 0.362 e. The number of nitrogens with zero attached hydrogens (tertiary/aromatic N) is 3. The number of nitro groups is 1. The summed E-state index contributed by atoms with van der Waals surface area (Å²) in [7, 11) is 0. The summed E-state index contributed by atoms with van der Waals surface area (Å²) in [5.41, 5.74) is 0.0464. The van der Waals surface area contributed by atoms with Crippen molar-refractivity contribution in [3.05, 3.63) is 27.9 Å². The molecule has 1 aromatic heterocycles. The Labute approximate surface area is 104 Å². The van der Waals surface area contributed by atoms with Crippen molar-refractivity contribution in [1.82, 2.24) is 10.3 Å². The first kappa shape index (κ1) is 12.3. The second kappa shape index (κ2) is 5.42. The molecule has 7 heteroatoms. The maximum atomic E-state index is 10.9. The Balaban J connectivity index is 2.21. The molecule has 0 spiro atoms. The molecule has 94 valence electrons. The van der Waals surface area contributed by atoms with Crippen molar-refractivity contribution >= 4 is 11.5 Å². The minimum Gasteiger partial charge on any atom is -0.362 e. The third-order valence-electron chi connectivity index (χ3n) is 2.87. The lowest BCUT2D eigenvalue weighted by atomic mass is 10.1. The van der Waals surface area contributed by atoms with Gasteiger partial charge in [0, 0.05) is 18.3 Å². The highest BCUT2D eigenvalue weighted by atomic mass is 16.6. The van der Waals surface area contributed by atoms with Crippen LogP contribution in [0.3, 0.4) is 0 Å². The van der Waals surface area contributed by atoms with Gasteiger partial charge in [-0.2, -0.15) is 5.26 Å². The maximum absolute atomic E-state index is 10.9. The van der Waals surface area contributed by atoms with E-state index in [4.69, 9.17) is 5.26 Å². The molecule has 1 fully saturated rings. The van der Waals surface area contributed by atoms with Crippen LogP contribution in [0.1, 0.15) is 18.4 Å². The molecule has 2 N–H and O–H groups in total. The van der Waals surface area contributed by atoms with Gasteiger partial charge in [-0.1, -0.05) is 0 Å². The molecule has 2 heterocycles. The number of nitrogens with one attached hydrogen (secondary N) is 2. The third-order valence-corrected chi connectivity index (χ3v) is 2.87. The number of anilines is 1. The molecule has 18 heavy (non-hydrogen) atoms. The van der Waals surface area contributed by atoms with Crippen LogP contribution in [0.25, 0.3) is 0 Å². The standard InChI is InChI=1S/C11H13N5O2/c12-6-8-5-10(16(17)18)11(14-7-8)15-9-1-3-13-4-2-9/h5,7,9,13H,1-4H2,(H,14,15). The van der Waals surface area contributed by atoms with Crippen LogP contribution in [0.4, 0.5) is 11.5 Å². The average molecular weight is 247 g/mol. The van der Waals surface area contributed by atoms with Crippen molar-refractivity contribution in [1.29, 1.82) is 5.26 Å². The number of hydrogen-bond acceptors (Lipinski definition) is 6. The quantitative estimate of drug-likeness (QED) is 0.610.